The lowest BCUT2D eigenvalue weighted by Crippen LogP contribution is -2.03. The molecule has 14 heavy (non-hydrogen) atoms. The lowest BCUT2D eigenvalue weighted by Gasteiger charge is -2.10. The van der Waals surface area contributed by atoms with Crippen LogP contribution in [-0.2, 0) is 11.2 Å². The van der Waals surface area contributed by atoms with Crippen molar-refractivity contribution < 1.29 is 4.74 Å². The van der Waals surface area contributed by atoms with Crippen LogP contribution in [0.2, 0.25) is 0 Å². The van der Waals surface area contributed by atoms with Crippen LogP contribution in [0.15, 0.2) is 5.38 Å². The predicted molar refractivity (Wildman–Crippen MR) is 58.6 cm³/mol. The summed E-state index contributed by atoms with van der Waals surface area (Å²) in [6, 6.07) is 0. The summed E-state index contributed by atoms with van der Waals surface area (Å²) in [7, 11) is 1.80. The number of aryl methyl sites for hydroxylation is 1. The number of ether oxygens (including phenoxy) is 1. The zero-order valence-electron chi connectivity index (χ0n) is 8.82. The molecule has 1 aliphatic carbocycles. The van der Waals surface area contributed by atoms with E-state index < -0.39 is 0 Å². The van der Waals surface area contributed by atoms with Crippen LogP contribution in [0.4, 0.5) is 0 Å². The summed E-state index contributed by atoms with van der Waals surface area (Å²) in [5, 5.41) is 3.35. The van der Waals surface area contributed by atoms with E-state index in [-0.39, 0.29) is 6.10 Å². The molecule has 0 aliphatic heterocycles. The minimum atomic E-state index is 0.269. The first-order valence-corrected chi connectivity index (χ1v) is 6.20. The van der Waals surface area contributed by atoms with Crippen LogP contribution in [0, 0.1) is 5.92 Å². The van der Waals surface area contributed by atoms with E-state index in [0.29, 0.717) is 0 Å². The van der Waals surface area contributed by atoms with Gasteiger partial charge in [-0.3, -0.25) is 0 Å². The third-order valence-corrected chi connectivity index (χ3v) is 3.58. The van der Waals surface area contributed by atoms with Gasteiger partial charge in [0.05, 0.1) is 5.69 Å². The lowest BCUT2D eigenvalue weighted by atomic mass is 10.2. The second-order valence-corrected chi connectivity index (χ2v) is 4.81. The van der Waals surface area contributed by atoms with E-state index >= 15 is 0 Å². The standard InChI is InChI=1S/C11H17NOS/c1-3-4-9-7-14-11(12-9)10(13-2)8-5-6-8/h7-8,10H,3-6H2,1-2H3. The third-order valence-electron chi connectivity index (χ3n) is 2.62. The van der Waals surface area contributed by atoms with E-state index in [0.717, 1.165) is 12.3 Å². The number of methoxy groups -OCH3 is 1. The zero-order chi connectivity index (χ0) is 9.97. The fraction of sp³-hybridized carbons (Fsp3) is 0.727. The Labute approximate surface area is 89.3 Å². The third kappa shape index (κ3) is 2.15. The van der Waals surface area contributed by atoms with Crippen LogP contribution in [0.3, 0.4) is 0 Å². The SMILES string of the molecule is CCCc1csc(C(OC)C2CC2)n1. The molecule has 2 rings (SSSR count). The Morgan fingerprint density at radius 2 is 2.43 bits per heavy atom. The molecule has 2 nitrogen and oxygen atoms in total. The van der Waals surface area contributed by atoms with Gasteiger partial charge in [0.25, 0.3) is 0 Å². The molecule has 3 heteroatoms. The second-order valence-electron chi connectivity index (χ2n) is 3.92. The highest BCUT2D eigenvalue weighted by molar-refractivity contribution is 7.09. The summed E-state index contributed by atoms with van der Waals surface area (Å²) >= 11 is 1.75. The minimum Gasteiger partial charge on any atom is -0.374 e. The van der Waals surface area contributed by atoms with Gasteiger partial charge in [-0.05, 0) is 25.2 Å². The fourth-order valence-corrected chi connectivity index (χ4v) is 2.74. The van der Waals surface area contributed by atoms with Gasteiger partial charge in [0.1, 0.15) is 11.1 Å². The van der Waals surface area contributed by atoms with E-state index in [1.165, 1.54) is 30.0 Å². The molecule has 1 aliphatic rings. The summed E-state index contributed by atoms with van der Waals surface area (Å²) in [5.41, 5.74) is 1.23. The number of thiazole rings is 1. The minimum absolute atomic E-state index is 0.269. The van der Waals surface area contributed by atoms with Crippen molar-refractivity contribution in [3.8, 4) is 0 Å². The number of aromatic nitrogens is 1. The molecule has 0 amide bonds. The second kappa shape index (κ2) is 4.41. The first kappa shape index (κ1) is 10.1. The number of hydrogen-bond donors (Lipinski definition) is 0. The van der Waals surface area contributed by atoms with Gasteiger partial charge in [-0.25, -0.2) is 4.98 Å². The summed E-state index contributed by atoms with van der Waals surface area (Å²) < 4.78 is 5.50. The molecule has 1 atom stereocenters. The molecule has 1 heterocycles. The van der Waals surface area contributed by atoms with Gasteiger partial charge in [0.2, 0.25) is 0 Å². The molecule has 0 spiro atoms. The molecular formula is C11H17NOS. The summed E-state index contributed by atoms with van der Waals surface area (Å²) in [4.78, 5) is 4.63. The first-order valence-electron chi connectivity index (χ1n) is 5.32. The smallest absolute Gasteiger partial charge is 0.122 e. The van der Waals surface area contributed by atoms with Gasteiger partial charge in [-0.1, -0.05) is 13.3 Å². The molecule has 1 aromatic heterocycles. The summed E-state index contributed by atoms with van der Waals surface area (Å²) in [6.07, 6.45) is 5.15. The average molecular weight is 211 g/mol. The van der Waals surface area contributed by atoms with E-state index in [4.69, 9.17) is 4.74 Å². The zero-order valence-corrected chi connectivity index (χ0v) is 9.64. The van der Waals surface area contributed by atoms with Crippen molar-refractivity contribution in [1.82, 2.24) is 4.98 Å². The van der Waals surface area contributed by atoms with Crippen LogP contribution < -0.4 is 0 Å². The van der Waals surface area contributed by atoms with Crippen LogP contribution in [0.25, 0.3) is 0 Å². The molecule has 0 aromatic carbocycles. The van der Waals surface area contributed by atoms with Gasteiger partial charge in [0.15, 0.2) is 0 Å². The van der Waals surface area contributed by atoms with E-state index in [1.807, 2.05) is 0 Å². The maximum Gasteiger partial charge on any atom is 0.122 e. The van der Waals surface area contributed by atoms with Gasteiger partial charge >= 0.3 is 0 Å². The predicted octanol–water partition coefficient (Wildman–Crippen LogP) is 3.19. The van der Waals surface area contributed by atoms with Crippen molar-refractivity contribution in [3.63, 3.8) is 0 Å². The Hall–Kier alpha value is -0.410. The Morgan fingerprint density at radius 1 is 1.64 bits per heavy atom. The fourth-order valence-electron chi connectivity index (χ4n) is 1.72. The highest BCUT2D eigenvalue weighted by Crippen LogP contribution is 2.43. The van der Waals surface area contributed by atoms with Gasteiger partial charge in [-0.2, -0.15) is 0 Å². The monoisotopic (exact) mass is 211 g/mol. The molecule has 0 bridgehead atoms. The van der Waals surface area contributed by atoms with Crippen molar-refractivity contribution in [2.45, 2.75) is 38.7 Å². The van der Waals surface area contributed by atoms with Crippen LogP contribution in [0.5, 0.6) is 0 Å². The van der Waals surface area contributed by atoms with Gasteiger partial charge < -0.3 is 4.74 Å². The molecule has 1 aromatic rings. The Kier molecular flexibility index (Phi) is 3.19. The molecule has 0 radical (unpaired) electrons. The Bertz CT molecular complexity index is 293. The van der Waals surface area contributed by atoms with Crippen molar-refractivity contribution in [2.24, 2.45) is 5.92 Å². The lowest BCUT2D eigenvalue weighted by molar-refractivity contribution is 0.0842. The summed E-state index contributed by atoms with van der Waals surface area (Å²) in [5.74, 6) is 0.737. The molecule has 0 saturated heterocycles. The van der Waals surface area contributed by atoms with E-state index in [2.05, 4.69) is 17.3 Å². The topological polar surface area (TPSA) is 22.1 Å². The van der Waals surface area contributed by atoms with Crippen molar-refractivity contribution in [3.05, 3.63) is 16.1 Å². The van der Waals surface area contributed by atoms with Crippen LogP contribution in [-0.4, -0.2) is 12.1 Å². The first-order chi connectivity index (χ1) is 6.85. The molecule has 1 fully saturated rings. The number of nitrogens with zero attached hydrogens (tertiary/aromatic N) is 1. The van der Waals surface area contributed by atoms with Gasteiger partial charge in [0, 0.05) is 12.5 Å². The molecule has 1 unspecified atom stereocenters. The van der Waals surface area contributed by atoms with Crippen LogP contribution >= 0.6 is 11.3 Å². The summed E-state index contributed by atoms with van der Waals surface area (Å²) in [6.45, 7) is 2.19. The Morgan fingerprint density at radius 3 is 3.00 bits per heavy atom. The van der Waals surface area contributed by atoms with Crippen molar-refractivity contribution in [2.75, 3.05) is 7.11 Å². The average Bonchev–Trinajstić information content (AvgIpc) is 2.90. The van der Waals surface area contributed by atoms with Crippen molar-refractivity contribution in [1.29, 1.82) is 0 Å². The number of rotatable bonds is 5. The molecule has 78 valence electrons. The largest absolute Gasteiger partial charge is 0.374 e. The van der Waals surface area contributed by atoms with Crippen LogP contribution in [0.1, 0.15) is 43.0 Å². The quantitative estimate of drug-likeness (QED) is 0.746. The molecule has 1 saturated carbocycles. The van der Waals surface area contributed by atoms with E-state index in [9.17, 15) is 0 Å². The van der Waals surface area contributed by atoms with Crippen molar-refractivity contribution >= 4 is 11.3 Å². The van der Waals surface area contributed by atoms with Gasteiger partial charge in [-0.15, -0.1) is 11.3 Å². The Balaban J connectivity index is 2.05. The van der Waals surface area contributed by atoms with E-state index in [1.54, 1.807) is 18.4 Å². The normalized spacial score (nSPS) is 18.4. The highest BCUT2D eigenvalue weighted by Gasteiger charge is 2.34. The maximum absolute atomic E-state index is 5.50. The highest BCUT2D eigenvalue weighted by atomic mass is 32.1. The maximum atomic E-state index is 5.50. The number of hydrogen-bond acceptors (Lipinski definition) is 3. The molecule has 0 N–H and O–H groups in total. The molecular weight excluding hydrogens is 194 g/mol.